The van der Waals surface area contributed by atoms with Crippen LogP contribution in [0, 0.1) is 0 Å². The van der Waals surface area contributed by atoms with E-state index in [2.05, 4.69) is 35.9 Å². The fourth-order valence-corrected chi connectivity index (χ4v) is 4.82. The summed E-state index contributed by atoms with van der Waals surface area (Å²) in [4.78, 5) is 19.8. The molecule has 0 radical (unpaired) electrons. The zero-order valence-electron chi connectivity index (χ0n) is 17.7. The third-order valence-electron chi connectivity index (χ3n) is 4.73. The molecule has 174 valence electrons. The first-order chi connectivity index (χ1) is 16.2. The molecule has 3 aromatic carbocycles. The van der Waals surface area contributed by atoms with Crippen LogP contribution in [0.15, 0.2) is 82.3 Å². The van der Waals surface area contributed by atoms with Crippen LogP contribution in [0.1, 0.15) is 10.5 Å². The van der Waals surface area contributed by atoms with Gasteiger partial charge in [0.15, 0.2) is 0 Å². The minimum absolute atomic E-state index is 0.125. The molecular weight excluding hydrogens is 544 g/mol. The molecule has 0 aliphatic carbocycles. The van der Waals surface area contributed by atoms with Crippen LogP contribution in [0.25, 0.3) is 11.4 Å². The normalized spacial score (nSPS) is 11.1. The first-order valence-corrected chi connectivity index (χ1v) is 12.5. The predicted octanol–water partition coefficient (Wildman–Crippen LogP) is 5.55. The third-order valence-corrected chi connectivity index (χ3v) is 6.89. The highest BCUT2D eigenvalue weighted by Crippen LogP contribution is 2.29. The minimum Gasteiger partial charge on any atom is -0.495 e. The molecule has 8 nitrogen and oxygen atoms in total. The predicted molar refractivity (Wildman–Crippen MR) is 135 cm³/mol. The lowest BCUT2D eigenvalue weighted by Gasteiger charge is -2.13. The number of carbonyl (C=O) groups is 1. The number of ether oxygens (including phenoxy) is 1. The van der Waals surface area contributed by atoms with Crippen LogP contribution in [0.3, 0.4) is 0 Å². The van der Waals surface area contributed by atoms with Crippen LogP contribution >= 0.6 is 27.5 Å². The maximum atomic E-state index is 13.0. The average molecular weight is 562 g/mol. The van der Waals surface area contributed by atoms with Crippen LogP contribution in [-0.2, 0) is 10.0 Å². The summed E-state index contributed by atoms with van der Waals surface area (Å²) >= 11 is 9.33. The highest BCUT2D eigenvalue weighted by molar-refractivity contribution is 9.10. The van der Waals surface area contributed by atoms with E-state index in [0.29, 0.717) is 16.5 Å². The van der Waals surface area contributed by atoms with E-state index in [1.807, 2.05) is 6.07 Å². The second-order valence-corrected chi connectivity index (χ2v) is 10.1. The molecule has 0 fully saturated rings. The summed E-state index contributed by atoms with van der Waals surface area (Å²) in [5.74, 6) is 0.118. The van der Waals surface area contributed by atoms with Crippen molar-refractivity contribution in [3.05, 3.63) is 88.1 Å². The second kappa shape index (κ2) is 9.88. The van der Waals surface area contributed by atoms with Gasteiger partial charge >= 0.3 is 0 Å². The van der Waals surface area contributed by atoms with Gasteiger partial charge in [-0.05, 0) is 54.6 Å². The molecule has 0 aliphatic heterocycles. The molecule has 3 N–H and O–H groups in total. The smallest absolute Gasteiger partial charge is 0.273 e. The number of hydrogen-bond acceptors (Lipinski definition) is 5. The van der Waals surface area contributed by atoms with Crippen LogP contribution in [0.2, 0.25) is 5.02 Å². The SMILES string of the molecule is COc1ccc(NC(=O)c2cnc(-c3cccc(Cl)c3)[nH]2)cc1S(=O)(=O)Nc1ccc(Br)cc1. The molecule has 0 spiro atoms. The van der Waals surface area contributed by atoms with E-state index in [4.69, 9.17) is 16.3 Å². The number of aromatic amines is 1. The number of carbonyl (C=O) groups excluding carboxylic acids is 1. The number of methoxy groups -OCH3 is 1. The van der Waals surface area contributed by atoms with Crippen molar-refractivity contribution in [2.24, 2.45) is 0 Å². The fourth-order valence-electron chi connectivity index (χ4n) is 3.11. The van der Waals surface area contributed by atoms with Crippen molar-refractivity contribution in [3.63, 3.8) is 0 Å². The Balaban J connectivity index is 1.57. The number of H-pyrrole nitrogens is 1. The molecule has 0 aliphatic rings. The van der Waals surface area contributed by atoms with Gasteiger partial charge in [-0.15, -0.1) is 0 Å². The molecule has 0 bridgehead atoms. The number of nitrogens with zero attached hydrogens (tertiary/aromatic N) is 1. The van der Waals surface area contributed by atoms with Crippen molar-refractivity contribution in [2.45, 2.75) is 4.90 Å². The number of imidazole rings is 1. The van der Waals surface area contributed by atoms with E-state index in [1.165, 1.54) is 25.4 Å². The molecule has 1 heterocycles. The molecule has 34 heavy (non-hydrogen) atoms. The van der Waals surface area contributed by atoms with Crippen molar-refractivity contribution in [1.29, 1.82) is 0 Å². The lowest BCUT2D eigenvalue weighted by Crippen LogP contribution is -2.16. The number of amides is 1. The van der Waals surface area contributed by atoms with E-state index in [9.17, 15) is 13.2 Å². The van der Waals surface area contributed by atoms with Crippen molar-refractivity contribution in [1.82, 2.24) is 9.97 Å². The van der Waals surface area contributed by atoms with Gasteiger partial charge in [0.05, 0.1) is 13.3 Å². The summed E-state index contributed by atoms with van der Waals surface area (Å²) in [5, 5.41) is 3.22. The number of benzene rings is 3. The number of anilines is 2. The number of hydrogen-bond donors (Lipinski definition) is 3. The Morgan fingerprint density at radius 2 is 1.79 bits per heavy atom. The summed E-state index contributed by atoms with van der Waals surface area (Å²) in [5.41, 5.74) is 1.57. The monoisotopic (exact) mass is 560 g/mol. The quantitative estimate of drug-likeness (QED) is 0.274. The van der Waals surface area contributed by atoms with Gasteiger partial charge in [-0.3, -0.25) is 9.52 Å². The fraction of sp³-hybridized carbons (Fsp3) is 0.0435. The van der Waals surface area contributed by atoms with Gasteiger partial charge in [0.25, 0.3) is 15.9 Å². The molecule has 4 rings (SSSR count). The van der Waals surface area contributed by atoms with Crippen molar-refractivity contribution in [2.75, 3.05) is 17.1 Å². The summed E-state index contributed by atoms with van der Waals surface area (Å²) in [6, 6.07) is 18.1. The highest BCUT2D eigenvalue weighted by Gasteiger charge is 2.21. The van der Waals surface area contributed by atoms with Crippen LogP contribution in [0.4, 0.5) is 11.4 Å². The Kier molecular flexibility index (Phi) is 6.92. The first kappa shape index (κ1) is 23.8. The largest absolute Gasteiger partial charge is 0.495 e. The first-order valence-electron chi connectivity index (χ1n) is 9.84. The van der Waals surface area contributed by atoms with Gasteiger partial charge in [0, 0.05) is 26.4 Å². The number of rotatable bonds is 7. The third kappa shape index (κ3) is 5.41. The number of halogens is 2. The Hall–Kier alpha value is -3.34. The maximum absolute atomic E-state index is 13.0. The summed E-state index contributed by atoms with van der Waals surface area (Å²) in [6.45, 7) is 0. The minimum atomic E-state index is -4.00. The van der Waals surface area contributed by atoms with E-state index < -0.39 is 15.9 Å². The molecule has 1 amide bonds. The van der Waals surface area contributed by atoms with Crippen molar-refractivity contribution >= 4 is 54.8 Å². The Morgan fingerprint density at radius 3 is 2.50 bits per heavy atom. The van der Waals surface area contributed by atoms with E-state index >= 15 is 0 Å². The molecular formula is C23H18BrClN4O4S. The molecule has 0 unspecified atom stereocenters. The van der Waals surface area contributed by atoms with Gasteiger partial charge in [-0.25, -0.2) is 13.4 Å². The summed E-state index contributed by atoms with van der Waals surface area (Å²) in [7, 11) is -2.63. The molecule has 0 saturated carbocycles. The molecule has 0 atom stereocenters. The van der Waals surface area contributed by atoms with Crippen LogP contribution in [-0.4, -0.2) is 31.4 Å². The summed E-state index contributed by atoms with van der Waals surface area (Å²) in [6.07, 6.45) is 1.39. The van der Waals surface area contributed by atoms with Gasteiger partial charge < -0.3 is 15.0 Å². The molecule has 0 saturated heterocycles. The Labute approximate surface area is 209 Å². The number of nitrogens with one attached hydrogen (secondary N) is 3. The van der Waals surface area contributed by atoms with E-state index in [-0.39, 0.29) is 22.0 Å². The maximum Gasteiger partial charge on any atom is 0.273 e. The Morgan fingerprint density at radius 1 is 1.06 bits per heavy atom. The summed E-state index contributed by atoms with van der Waals surface area (Å²) < 4.78 is 34.6. The Bertz CT molecular complexity index is 1460. The van der Waals surface area contributed by atoms with Crippen LogP contribution in [0.5, 0.6) is 5.75 Å². The van der Waals surface area contributed by atoms with Gasteiger partial charge in [0.2, 0.25) is 0 Å². The van der Waals surface area contributed by atoms with Gasteiger partial charge in [-0.2, -0.15) is 0 Å². The lowest BCUT2D eigenvalue weighted by molar-refractivity contribution is 0.102. The zero-order valence-corrected chi connectivity index (χ0v) is 20.8. The molecule has 1 aromatic heterocycles. The zero-order chi connectivity index (χ0) is 24.3. The highest BCUT2D eigenvalue weighted by atomic mass is 79.9. The second-order valence-electron chi connectivity index (χ2n) is 7.09. The lowest BCUT2D eigenvalue weighted by atomic mass is 10.2. The van der Waals surface area contributed by atoms with Crippen molar-refractivity contribution in [3.8, 4) is 17.1 Å². The molecule has 11 heteroatoms. The van der Waals surface area contributed by atoms with Crippen molar-refractivity contribution < 1.29 is 17.9 Å². The van der Waals surface area contributed by atoms with E-state index in [1.54, 1.807) is 48.5 Å². The standard InChI is InChI=1S/C23H18BrClN4O4S/c1-33-20-10-9-18(12-21(20)34(31,32)29-17-7-5-15(24)6-8-17)27-23(30)19-13-26-22(28-19)14-3-2-4-16(25)11-14/h2-13,29H,1H3,(H,26,28)(H,27,30). The topological polar surface area (TPSA) is 113 Å². The van der Waals surface area contributed by atoms with Gasteiger partial charge in [-0.1, -0.05) is 39.7 Å². The average Bonchev–Trinajstić information content (AvgIpc) is 3.31. The molecule has 4 aromatic rings. The number of sulfonamides is 1. The van der Waals surface area contributed by atoms with Gasteiger partial charge in [0.1, 0.15) is 22.2 Å². The van der Waals surface area contributed by atoms with E-state index in [0.717, 1.165) is 10.0 Å². The van der Waals surface area contributed by atoms with Crippen LogP contribution < -0.4 is 14.8 Å². The number of aromatic nitrogens is 2.